The van der Waals surface area contributed by atoms with Gasteiger partial charge in [0.1, 0.15) is 0 Å². The van der Waals surface area contributed by atoms with Crippen LogP contribution >= 0.6 is 11.6 Å². The van der Waals surface area contributed by atoms with E-state index in [4.69, 9.17) is 16.0 Å². The molecule has 0 radical (unpaired) electrons. The Morgan fingerprint density at radius 1 is 1.16 bits per heavy atom. The molecule has 0 fully saturated rings. The van der Waals surface area contributed by atoms with Gasteiger partial charge in [-0.3, -0.25) is 4.57 Å². The second-order valence-corrected chi connectivity index (χ2v) is 4.99. The van der Waals surface area contributed by atoms with Gasteiger partial charge in [0.05, 0.1) is 12.1 Å². The molecule has 96 valence electrons. The van der Waals surface area contributed by atoms with E-state index in [0.717, 1.165) is 11.1 Å². The van der Waals surface area contributed by atoms with Gasteiger partial charge in [0.2, 0.25) is 0 Å². The van der Waals surface area contributed by atoms with Gasteiger partial charge in [0.15, 0.2) is 5.58 Å². The lowest BCUT2D eigenvalue weighted by atomic mass is 10.1. The minimum atomic E-state index is -0.363. The van der Waals surface area contributed by atoms with Gasteiger partial charge in [-0.1, -0.05) is 41.4 Å². The predicted molar refractivity (Wildman–Crippen MR) is 75.8 cm³/mol. The zero-order chi connectivity index (χ0) is 13.4. The fourth-order valence-corrected chi connectivity index (χ4v) is 2.23. The molecule has 0 amide bonds. The van der Waals surface area contributed by atoms with Crippen LogP contribution in [0.1, 0.15) is 11.1 Å². The highest BCUT2D eigenvalue weighted by atomic mass is 35.5. The van der Waals surface area contributed by atoms with Crippen molar-refractivity contribution in [2.75, 3.05) is 0 Å². The Labute approximate surface area is 115 Å². The van der Waals surface area contributed by atoms with Crippen molar-refractivity contribution in [3.8, 4) is 0 Å². The highest BCUT2D eigenvalue weighted by molar-refractivity contribution is 6.31. The van der Waals surface area contributed by atoms with E-state index >= 15 is 0 Å². The van der Waals surface area contributed by atoms with Crippen molar-refractivity contribution in [2.45, 2.75) is 13.5 Å². The number of aromatic nitrogens is 1. The van der Waals surface area contributed by atoms with E-state index in [-0.39, 0.29) is 5.76 Å². The van der Waals surface area contributed by atoms with Crippen molar-refractivity contribution in [2.24, 2.45) is 0 Å². The number of oxazole rings is 1. The molecule has 19 heavy (non-hydrogen) atoms. The lowest BCUT2D eigenvalue weighted by molar-refractivity contribution is 0.517. The first-order valence-electron chi connectivity index (χ1n) is 5.98. The van der Waals surface area contributed by atoms with E-state index in [1.165, 1.54) is 5.56 Å². The minimum Gasteiger partial charge on any atom is -0.408 e. The van der Waals surface area contributed by atoms with Crippen molar-refractivity contribution in [3.05, 3.63) is 69.2 Å². The first-order valence-corrected chi connectivity index (χ1v) is 6.36. The fraction of sp³-hybridized carbons (Fsp3) is 0.133. The molecule has 0 aliphatic rings. The Kier molecular flexibility index (Phi) is 2.91. The molecule has 0 unspecified atom stereocenters. The number of hydrogen-bond acceptors (Lipinski definition) is 2. The standard InChI is InChI=1S/C15H12ClNO2/c1-10-2-4-11(5-3-10)9-17-13-8-12(16)6-7-14(13)19-15(17)18/h2-8H,9H2,1H3. The van der Waals surface area contributed by atoms with Crippen molar-refractivity contribution in [1.82, 2.24) is 4.57 Å². The molecule has 0 spiro atoms. The number of hydrogen-bond donors (Lipinski definition) is 0. The summed E-state index contributed by atoms with van der Waals surface area (Å²) in [7, 11) is 0. The normalized spacial score (nSPS) is 11.1. The maximum absolute atomic E-state index is 11.9. The van der Waals surface area contributed by atoms with E-state index in [0.29, 0.717) is 17.2 Å². The third kappa shape index (κ3) is 2.29. The van der Waals surface area contributed by atoms with E-state index < -0.39 is 0 Å². The molecule has 0 N–H and O–H groups in total. The van der Waals surface area contributed by atoms with Crippen LogP contribution in [-0.2, 0) is 6.54 Å². The van der Waals surface area contributed by atoms with Gasteiger partial charge in [-0.2, -0.15) is 0 Å². The van der Waals surface area contributed by atoms with Crippen molar-refractivity contribution in [3.63, 3.8) is 0 Å². The highest BCUT2D eigenvalue weighted by Crippen LogP contribution is 2.19. The molecule has 0 aliphatic heterocycles. The largest absolute Gasteiger partial charge is 0.420 e. The molecule has 0 atom stereocenters. The number of rotatable bonds is 2. The minimum absolute atomic E-state index is 0.363. The summed E-state index contributed by atoms with van der Waals surface area (Å²) < 4.78 is 6.79. The zero-order valence-corrected chi connectivity index (χ0v) is 11.1. The Bertz CT molecular complexity index is 784. The summed E-state index contributed by atoms with van der Waals surface area (Å²) >= 11 is 5.97. The van der Waals surface area contributed by atoms with Gasteiger partial charge < -0.3 is 4.42 Å². The smallest absolute Gasteiger partial charge is 0.408 e. The molecule has 0 saturated heterocycles. The summed E-state index contributed by atoms with van der Waals surface area (Å²) in [4.78, 5) is 11.9. The summed E-state index contributed by atoms with van der Waals surface area (Å²) in [6, 6.07) is 13.2. The summed E-state index contributed by atoms with van der Waals surface area (Å²) in [6.07, 6.45) is 0. The molecule has 2 aromatic carbocycles. The Morgan fingerprint density at radius 3 is 2.63 bits per heavy atom. The van der Waals surface area contributed by atoms with Crippen LogP contribution < -0.4 is 5.76 Å². The van der Waals surface area contributed by atoms with Gasteiger partial charge >= 0.3 is 5.76 Å². The third-order valence-electron chi connectivity index (χ3n) is 3.09. The lowest BCUT2D eigenvalue weighted by Crippen LogP contribution is -2.14. The van der Waals surface area contributed by atoms with Crippen LogP contribution in [0.2, 0.25) is 5.02 Å². The lowest BCUT2D eigenvalue weighted by Gasteiger charge is -2.03. The number of fused-ring (bicyclic) bond motifs is 1. The number of nitrogens with zero attached hydrogens (tertiary/aromatic N) is 1. The average molecular weight is 274 g/mol. The fourth-order valence-electron chi connectivity index (χ4n) is 2.06. The Balaban J connectivity index is 2.09. The summed E-state index contributed by atoms with van der Waals surface area (Å²) in [5.41, 5.74) is 3.52. The maximum Gasteiger partial charge on any atom is 0.420 e. The molecule has 3 rings (SSSR count). The maximum atomic E-state index is 11.9. The van der Waals surface area contributed by atoms with Crippen molar-refractivity contribution < 1.29 is 4.42 Å². The number of halogens is 1. The quantitative estimate of drug-likeness (QED) is 0.715. The molecule has 0 saturated carbocycles. The molecule has 1 heterocycles. The van der Waals surface area contributed by atoms with Crippen LogP contribution in [0.3, 0.4) is 0 Å². The van der Waals surface area contributed by atoms with Crippen LogP contribution in [0.25, 0.3) is 11.1 Å². The molecular weight excluding hydrogens is 262 g/mol. The van der Waals surface area contributed by atoms with Crippen LogP contribution in [0.4, 0.5) is 0 Å². The van der Waals surface area contributed by atoms with E-state index in [2.05, 4.69) is 0 Å². The monoisotopic (exact) mass is 273 g/mol. The van der Waals surface area contributed by atoms with Gasteiger partial charge in [0.25, 0.3) is 0 Å². The Morgan fingerprint density at radius 2 is 1.89 bits per heavy atom. The second-order valence-electron chi connectivity index (χ2n) is 4.55. The first-order chi connectivity index (χ1) is 9.13. The molecule has 1 aromatic heterocycles. The average Bonchev–Trinajstić information content (AvgIpc) is 2.69. The van der Waals surface area contributed by atoms with Crippen molar-refractivity contribution >= 4 is 22.7 Å². The zero-order valence-electron chi connectivity index (χ0n) is 10.4. The van der Waals surface area contributed by atoms with Gasteiger partial charge in [0, 0.05) is 5.02 Å². The summed E-state index contributed by atoms with van der Waals surface area (Å²) in [5, 5.41) is 0.589. The van der Waals surface area contributed by atoms with Gasteiger partial charge in [-0.15, -0.1) is 0 Å². The molecule has 0 aliphatic carbocycles. The molecule has 3 aromatic rings. The van der Waals surface area contributed by atoms with Crippen LogP contribution in [0, 0.1) is 6.92 Å². The van der Waals surface area contributed by atoms with Crippen molar-refractivity contribution in [1.29, 1.82) is 0 Å². The van der Waals surface area contributed by atoms with E-state index in [1.807, 2.05) is 31.2 Å². The topological polar surface area (TPSA) is 35.1 Å². The second kappa shape index (κ2) is 4.59. The van der Waals surface area contributed by atoms with Crippen LogP contribution in [0.15, 0.2) is 51.7 Å². The first kappa shape index (κ1) is 12.1. The van der Waals surface area contributed by atoms with Crippen LogP contribution in [-0.4, -0.2) is 4.57 Å². The molecule has 4 heteroatoms. The van der Waals surface area contributed by atoms with Gasteiger partial charge in [-0.05, 0) is 30.7 Å². The highest BCUT2D eigenvalue weighted by Gasteiger charge is 2.09. The SMILES string of the molecule is Cc1ccc(Cn2c(=O)oc3ccc(Cl)cc32)cc1. The van der Waals surface area contributed by atoms with E-state index in [9.17, 15) is 4.79 Å². The summed E-state index contributed by atoms with van der Waals surface area (Å²) in [6.45, 7) is 2.51. The predicted octanol–water partition coefficient (Wildman–Crippen LogP) is 3.60. The molecule has 0 bridgehead atoms. The molecule has 3 nitrogen and oxygen atoms in total. The summed E-state index contributed by atoms with van der Waals surface area (Å²) in [5.74, 6) is -0.363. The third-order valence-corrected chi connectivity index (χ3v) is 3.33. The molecular formula is C15H12ClNO2. The Hall–Kier alpha value is -2.00. The number of aryl methyl sites for hydroxylation is 1. The number of benzene rings is 2. The van der Waals surface area contributed by atoms with E-state index in [1.54, 1.807) is 22.8 Å². The van der Waals surface area contributed by atoms with Crippen LogP contribution in [0.5, 0.6) is 0 Å². The van der Waals surface area contributed by atoms with Gasteiger partial charge in [-0.25, -0.2) is 4.79 Å².